The summed E-state index contributed by atoms with van der Waals surface area (Å²) in [5, 5.41) is 0. The molecular formula is C6H16NaO2P. The first kappa shape index (κ1) is 13.8. The van der Waals surface area contributed by atoms with Gasteiger partial charge >= 0.3 is 29.6 Å². The summed E-state index contributed by atoms with van der Waals surface area (Å²) < 4.78 is 15.6. The molecule has 0 N–H and O–H groups in total. The average molecular weight is 174 g/mol. The second-order valence-electron chi connectivity index (χ2n) is 1.93. The third-order valence-electron chi connectivity index (χ3n) is 1.05. The van der Waals surface area contributed by atoms with Gasteiger partial charge in [0.15, 0.2) is 8.03 Å². The van der Waals surface area contributed by atoms with E-state index in [4.69, 9.17) is 4.52 Å². The van der Waals surface area contributed by atoms with E-state index in [0.717, 1.165) is 12.8 Å². The molecule has 0 aliphatic carbocycles. The van der Waals surface area contributed by atoms with Gasteiger partial charge in [0.1, 0.15) is 0 Å². The summed E-state index contributed by atoms with van der Waals surface area (Å²) in [6.45, 7) is 4.64. The van der Waals surface area contributed by atoms with Crippen molar-refractivity contribution in [1.29, 1.82) is 0 Å². The van der Waals surface area contributed by atoms with Gasteiger partial charge in [0, 0.05) is 6.16 Å². The summed E-state index contributed by atoms with van der Waals surface area (Å²) >= 11 is 0. The Morgan fingerprint density at radius 2 is 2.00 bits per heavy atom. The van der Waals surface area contributed by atoms with Gasteiger partial charge in [-0.3, -0.25) is 4.57 Å². The van der Waals surface area contributed by atoms with Gasteiger partial charge in [-0.2, -0.15) is 0 Å². The second-order valence-corrected chi connectivity index (χ2v) is 3.67. The third kappa shape index (κ3) is 9.19. The van der Waals surface area contributed by atoms with Gasteiger partial charge in [-0.1, -0.05) is 20.3 Å². The van der Waals surface area contributed by atoms with Gasteiger partial charge in [0.2, 0.25) is 0 Å². The Labute approximate surface area is 85.9 Å². The van der Waals surface area contributed by atoms with E-state index in [0.29, 0.717) is 12.8 Å². The van der Waals surface area contributed by atoms with Crippen LogP contribution in [0.25, 0.3) is 0 Å². The van der Waals surface area contributed by atoms with Crippen molar-refractivity contribution >= 4 is 37.6 Å². The van der Waals surface area contributed by atoms with Crippen molar-refractivity contribution in [1.82, 2.24) is 0 Å². The molecule has 0 saturated carbocycles. The number of hydrogen-bond donors (Lipinski definition) is 0. The quantitative estimate of drug-likeness (QED) is 0.360. The van der Waals surface area contributed by atoms with Crippen LogP contribution in [0.1, 0.15) is 26.7 Å². The topological polar surface area (TPSA) is 26.3 Å². The van der Waals surface area contributed by atoms with Crippen LogP contribution in [0.2, 0.25) is 0 Å². The zero-order valence-corrected chi connectivity index (χ0v) is 7.14. The SMILES string of the molecule is CCCCO[PH](=O)CC.[NaH]. The van der Waals surface area contributed by atoms with Crippen LogP contribution >= 0.6 is 8.03 Å². The van der Waals surface area contributed by atoms with E-state index in [1.54, 1.807) is 0 Å². The summed E-state index contributed by atoms with van der Waals surface area (Å²) in [5.41, 5.74) is 0. The summed E-state index contributed by atoms with van der Waals surface area (Å²) in [4.78, 5) is 0. The molecule has 0 rings (SSSR count). The van der Waals surface area contributed by atoms with E-state index in [9.17, 15) is 4.57 Å². The summed E-state index contributed by atoms with van der Waals surface area (Å²) in [5.74, 6) is 0. The Morgan fingerprint density at radius 3 is 2.40 bits per heavy atom. The van der Waals surface area contributed by atoms with Crippen LogP contribution in [0.15, 0.2) is 0 Å². The molecule has 1 atom stereocenters. The van der Waals surface area contributed by atoms with Crippen molar-refractivity contribution in [2.45, 2.75) is 26.7 Å². The monoisotopic (exact) mass is 174 g/mol. The minimum atomic E-state index is -1.65. The van der Waals surface area contributed by atoms with Crippen molar-refractivity contribution in [2.75, 3.05) is 12.8 Å². The molecule has 0 aromatic rings. The standard InChI is InChI=1S/C6H15O2P.Na.H/c1-3-5-6-8-9(7)4-2;;/h9H,3-6H2,1-2H3;;. The fourth-order valence-electron chi connectivity index (χ4n) is 0.432. The Kier molecular flexibility index (Phi) is 14.0. The van der Waals surface area contributed by atoms with Crippen molar-refractivity contribution in [3.8, 4) is 0 Å². The summed E-state index contributed by atoms with van der Waals surface area (Å²) in [6, 6.07) is 0. The van der Waals surface area contributed by atoms with Crippen molar-refractivity contribution in [2.24, 2.45) is 0 Å². The number of hydrogen-bond acceptors (Lipinski definition) is 2. The third-order valence-corrected chi connectivity index (χ3v) is 2.15. The van der Waals surface area contributed by atoms with Crippen LogP contribution in [0.3, 0.4) is 0 Å². The molecule has 1 unspecified atom stereocenters. The summed E-state index contributed by atoms with van der Waals surface area (Å²) in [7, 11) is -1.65. The van der Waals surface area contributed by atoms with Gasteiger partial charge in [-0.15, -0.1) is 0 Å². The zero-order chi connectivity index (χ0) is 7.11. The Morgan fingerprint density at radius 1 is 1.40 bits per heavy atom. The van der Waals surface area contributed by atoms with E-state index in [1.807, 2.05) is 6.92 Å². The normalized spacial score (nSPS) is 12.2. The van der Waals surface area contributed by atoms with E-state index < -0.39 is 8.03 Å². The zero-order valence-electron chi connectivity index (χ0n) is 6.14. The molecule has 10 heavy (non-hydrogen) atoms. The fraction of sp³-hybridized carbons (Fsp3) is 1.00. The molecule has 2 nitrogen and oxygen atoms in total. The van der Waals surface area contributed by atoms with E-state index in [2.05, 4.69) is 6.92 Å². The van der Waals surface area contributed by atoms with Crippen LogP contribution < -0.4 is 0 Å². The van der Waals surface area contributed by atoms with Gasteiger partial charge in [-0.25, -0.2) is 0 Å². The molecule has 0 saturated heterocycles. The molecule has 0 aromatic heterocycles. The molecule has 0 aliphatic rings. The van der Waals surface area contributed by atoms with Crippen molar-refractivity contribution < 1.29 is 9.09 Å². The first-order valence-corrected chi connectivity index (χ1v) is 4.99. The molecule has 0 amide bonds. The molecule has 0 fully saturated rings. The van der Waals surface area contributed by atoms with Crippen LogP contribution in [0, 0.1) is 0 Å². The predicted molar refractivity (Wildman–Crippen MR) is 47.6 cm³/mol. The Hall–Kier alpha value is 1.19. The molecule has 0 bridgehead atoms. The molecule has 0 radical (unpaired) electrons. The Balaban J connectivity index is 0. The molecule has 0 aliphatic heterocycles. The maximum atomic E-state index is 10.6. The van der Waals surface area contributed by atoms with E-state index >= 15 is 0 Å². The van der Waals surface area contributed by atoms with Crippen molar-refractivity contribution in [3.63, 3.8) is 0 Å². The first-order valence-electron chi connectivity index (χ1n) is 3.46. The molecule has 0 heterocycles. The van der Waals surface area contributed by atoms with Crippen LogP contribution in [0.5, 0.6) is 0 Å². The Bertz CT molecular complexity index is 87.8. The van der Waals surface area contributed by atoms with Gasteiger partial charge in [0.25, 0.3) is 0 Å². The van der Waals surface area contributed by atoms with Gasteiger partial charge < -0.3 is 4.52 Å². The fourth-order valence-corrected chi connectivity index (χ4v) is 1.01. The number of unbranched alkanes of at least 4 members (excludes halogenated alkanes) is 1. The van der Waals surface area contributed by atoms with E-state index in [1.165, 1.54) is 0 Å². The van der Waals surface area contributed by atoms with Crippen LogP contribution in [-0.2, 0) is 9.09 Å². The molecule has 0 aromatic carbocycles. The average Bonchev–Trinajstić information content (AvgIpc) is 1.89. The molecule has 58 valence electrons. The van der Waals surface area contributed by atoms with Crippen LogP contribution in [-0.4, -0.2) is 42.3 Å². The maximum absolute atomic E-state index is 10.6. The first-order chi connectivity index (χ1) is 4.31. The summed E-state index contributed by atoms with van der Waals surface area (Å²) in [6.07, 6.45) is 2.81. The van der Waals surface area contributed by atoms with Crippen molar-refractivity contribution in [3.05, 3.63) is 0 Å². The van der Waals surface area contributed by atoms with Gasteiger partial charge in [0.05, 0.1) is 6.61 Å². The van der Waals surface area contributed by atoms with Gasteiger partial charge in [-0.05, 0) is 6.42 Å². The van der Waals surface area contributed by atoms with E-state index in [-0.39, 0.29) is 29.6 Å². The molecule has 0 spiro atoms. The van der Waals surface area contributed by atoms with Crippen LogP contribution in [0.4, 0.5) is 0 Å². The molecule has 4 heteroatoms. The molecular weight excluding hydrogens is 158 g/mol. The second kappa shape index (κ2) is 10.2. The number of rotatable bonds is 5. The predicted octanol–water partition coefficient (Wildman–Crippen LogP) is 1.65. The minimum absolute atomic E-state index is 0.